The fraction of sp³-hybridized carbons (Fsp3) is 0.882. The van der Waals surface area contributed by atoms with Crippen molar-refractivity contribution in [2.24, 2.45) is 0 Å². The Morgan fingerprint density at radius 3 is 1.68 bits per heavy atom. The minimum Gasteiger partial charge on any atom is -0.462 e. The number of esters is 2. The third-order valence-electron chi connectivity index (χ3n) is 7.30. The number of ether oxygens (including phenoxy) is 2. The highest BCUT2D eigenvalue weighted by Gasteiger charge is 2.27. The molecular formula is C34H67NO8P+. The summed E-state index contributed by atoms with van der Waals surface area (Å²) in [5, 5.41) is 0. The number of unbranched alkanes of at least 4 members (excludes halogenated alkanes) is 15. The number of carbonyl (C=O) groups is 2. The summed E-state index contributed by atoms with van der Waals surface area (Å²) < 4.78 is 33.9. The van der Waals surface area contributed by atoms with Crippen LogP contribution in [0.1, 0.15) is 142 Å². The number of hydrogen-bond acceptors (Lipinski definition) is 7. The highest BCUT2D eigenvalue weighted by atomic mass is 31.2. The molecule has 0 aromatic carbocycles. The highest BCUT2D eigenvalue weighted by molar-refractivity contribution is 7.47. The predicted molar refractivity (Wildman–Crippen MR) is 178 cm³/mol. The minimum atomic E-state index is -4.35. The molecule has 9 nitrogen and oxygen atoms in total. The molecule has 0 aromatic rings. The smallest absolute Gasteiger partial charge is 0.462 e. The van der Waals surface area contributed by atoms with Crippen molar-refractivity contribution in [3.63, 3.8) is 0 Å². The second kappa shape index (κ2) is 28.0. The lowest BCUT2D eigenvalue weighted by atomic mass is 10.1. The summed E-state index contributed by atoms with van der Waals surface area (Å²) in [5.41, 5.74) is 0. The zero-order chi connectivity index (χ0) is 32.9. The van der Waals surface area contributed by atoms with E-state index in [1.165, 1.54) is 44.9 Å². The van der Waals surface area contributed by atoms with E-state index in [4.69, 9.17) is 18.5 Å². The fourth-order valence-electron chi connectivity index (χ4n) is 4.48. The Hall–Kier alpha value is -1.25. The number of likely N-dealkylation sites (N-methyl/N-ethyl adjacent to an activating group) is 1. The minimum absolute atomic E-state index is 0.0320. The van der Waals surface area contributed by atoms with Crippen LogP contribution in [0, 0.1) is 0 Å². The molecule has 0 aliphatic rings. The lowest BCUT2D eigenvalue weighted by Gasteiger charge is -2.24. The van der Waals surface area contributed by atoms with E-state index in [1.807, 2.05) is 21.1 Å². The summed E-state index contributed by atoms with van der Waals surface area (Å²) in [5.74, 6) is -0.822. The maximum Gasteiger partial charge on any atom is 0.472 e. The first-order valence-corrected chi connectivity index (χ1v) is 18.9. The Kier molecular flexibility index (Phi) is 27.2. The Morgan fingerprint density at radius 2 is 1.16 bits per heavy atom. The summed E-state index contributed by atoms with van der Waals surface area (Å²) in [7, 11) is 1.47. The van der Waals surface area contributed by atoms with Crippen molar-refractivity contribution in [1.82, 2.24) is 0 Å². The first-order valence-electron chi connectivity index (χ1n) is 17.4. The second-order valence-corrected chi connectivity index (χ2v) is 14.4. The predicted octanol–water partition coefficient (Wildman–Crippen LogP) is 8.68. The van der Waals surface area contributed by atoms with Gasteiger partial charge in [0.05, 0.1) is 27.7 Å². The van der Waals surface area contributed by atoms with Gasteiger partial charge in [-0.3, -0.25) is 18.6 Å². The molecule has 1 N–H and O–H groups in total. The van der Waals surface area contributed by atoms with Gasteiger partial charge in [-0.1, -0.05) is 103 Å². The van der Waals surface area contributed by atoms with Gasteiger partial charge in [-0.15, -0.1) is 0 Å². The Balaban J connectivity index is 4.38. The van der Waals surface area contributed by atoms with Crippen LogP contribution in [0.25, 0.3) is 0 Å². The van der Waals surface area contributed by atoms with Gasteiger partial charge >= 0.3 is 19.8 Å². The molecule has 0 fully saturated rings. The molecule has 0 rings (SSSR count). The molecule has 0 saturated carbocycles. The van der Waals surface area contributed by atoms with Crippen LogP contribution in [0.5, 0.6) is 0 Å². The molecule has 0 bridgehead atoms. The largest absolute Gasteiger partial charge is 0.472 e. The molecule has 2 atom stereocenters. The average Bonchev–Trinajstić information content (AvgIpc) is 2.95. The Labute approximate surface area is 269 Å². The van der Waals surface area contributed by atoms with E-state index in [-0.39, 0.29) is 32.0 Å². The maximum absolute atomic E-state index is 12.5. The number of carbonyl (C=O) groups excluding carboxylic acids is 2. The van der Waals surface area contributed by atoms with Crippen molar-refractivity contribution in [2.75, 3.05) is 47.5 Å². The van der Waals surface area contributed by atoms with E-state index in [2.05, 4.69) is 26.0 Å². The lowest BCUT2D eigenvalue weighted by molar-refractivity contribution is -0.870. The van der Waals surface area contributed by atoms with Crippen LogP contribution in [-0.4, -0.2) is 74.9 Å². The number of phosphoric acid groups is 1. The van der Waals surface area contributed by atoms with Gasteiger partial charge < -0.3 is 18.9 Å². The van der Waals surface area contributed by atoms with Crippen LogP contribution in [-0.2, 0) is 32.7 Å². The summed E-state index contributed by atoms with van der Waals surface area (Å²) >= 11 is 0. The van der Waals surface area contributed by atoms with Crippen LogP contribution in [0.4, 0.5) is 0 Å². The summed E-state index contributed by atoms with van der Waals surface area (Å²) in [4.78, 5) is 34.8. The highest BCUT2D eigenvalue weighted by Crippen LogP contribution is 2.43. The molecule has 0 radical (unpaired) electrons. The Bertz CT molecular complexity index is 784. The van der Waals surface area contributed by atoms with E-state index in [1.54, 1.807) is 0 Å². The van der Waals surface area contributed by atoms with Crippen molar-refractivity contribution < 1.29 is 42.1 Å². The topological polar surface area (TPSA) is 108 Å². The first-order chi connectivity index (χ1) is 21.0. The molecular weight excluding hydrogens is 581 g/mol. The molecule has 10 heteroatoms. The lowest BCUT2D eigenvalue weighted by Crippen LogP contribution is -2.37. The van der Waals surface area contributed by atoms with Gasteiger partial charge in [-0.25, -0.2) is 4.57 Å². The monoisotopic (exact) mass is 648 g/mol. The van der Waals surface area contributed by atoms with E-state index >= 15 is 0 Å². The summed E-state index contributed by atoms with van der Waals surface area (Å²) in [6, 6.07) is 0. The Morgan fingerprint density at radius 1 is 0.682 bits per heavy atom. The zero-order valence-corrected chi connectivity index (χ0v) is 29.8. The number of hydrogen-bond donors (Lipinski definition) is 1. The van der Waals surface area contributed by atoms with Crippen LogP contribution >= 0.6 is 7.82 Å². The summed E-state index contributed by atoms with van der Waals surface area (Å²) in [6.45, 7) is 4.29. The molecule has 0 amide bonds. The van der Waals surface area contributed by atoms with Crippen LogP contribution in [0.3, 0.4) is 0 Å². The molecule has 0 spiro atoms. The van der Waals surface area contributed by atoms with E-state index in [0.717, 1.165) is 64.2 Å². The SMILES string of the molecule is CCCCCCCC/C=C\CCCCCCCC(=O)O[C@H](COC(=O)CCCCCCC)COP(=O)(O)OCC[N+](C)(C)C. The van der Waals surface area contributed by atoms with Crippen LogP contribution in [0.15, 0.2) is 12.2 Å². The number of rotatable bonds is 31. The molecule has 44 heavy (non-hydrogen) atoms. The molecule has 0 aliphatic heterocycles. The standard InChI is InChI=1S/C34H66NO8P/c1-6-8-10-12-13-14-15-16-17-18-19-20-21-23-25-27-34(37)43-32(30-40-33(36)26-24-22-11-9-7-2)31-42-44(38,39)41-29-28-35(3,4)5/h16-17,32H,6-15,18-31H2,1-5H3/p+1/b17-16-/t32-/m1/s1. The molecule has 0 aromatic heterocycles. The quantitative estimate of drug-likeness (QED) is 0.0262. The van der Waals surface area contributed by atoms with Crippen molar-refractivity contribution >= 4 is 19.8 Å². The first kappa shape index (κ1) is 42.8. The van der Waals surface area contributed by atoms with Gasteiger partial charge in [0.1, 0.15) is 19.8 Å². The number of nitrogens with zero attached hydrogens (tertiary/aromatic N) is 1. The van der Waals surface area contributed by atoms with Crippen molar-refractivity contribution in [1.29, 1.82) is 0 Å². The van der Waals surface area contributed by atoms with E-state index in [9.17, 15) is 19.0 Å². The molecule has 0 heterocycles. The number of quaternary nitrogens is 1. The molecule has 260 valence electrons. The van der Waals surface area contributed by atoms with Crippen LogP contribution < -0.4 is 0 Å². The fourth-order valence-corrected chi connectivity index (χ4v) is 5.22. The molecule has 0 saturated heterocycles. The third kappa shape index (κ3) is 30.8. The number of phosphoric ester groups is 1. The van der Waals surface area contributed by atoms with Crippen molar-refractivity contribution in [3.8, 4) is 0 Å². The second-order valence-electron chi connectivity index (χ2n) is 12.9. The van der Waals surface area contributed by atoms with Gasteiger partial charge in [-0.2, -0.15) is 0 Å². The van der Waals surface area contributed by atoms with Gasteiger partial charge in [0.2, 0.25) is 0 Å². The van der Waals surface area contributed by atoms with Gasteiger partial charge in [0.25, 0.3) is 0 Å². The summed E-state index contributed by atoms with van der Waals surface area (Å²) in [6.07, 6.45) is 24.4. The number of allylic oxidation sites excluding steroid dienone is 2. The molecule has 1 unspecified atom stereocenters. The molecule has 0 aliphatic carbocycles. The van der Waals surface area contributed by atoms with Gasteiger partial charge in [-0.05, 0) is 38.5 Å². The van der Waals surface area contributed by atoms with Crippen molar-refractivity contribution in [3.05, 3.63) is 12.2 Å². The van der Waals surface area contributed by atoms with Gasteiger partial charge in [0.15, 0.2) is 6.10 Å². The van der Waals surface area contributed by atoms with E-state index < -0.39 is 26.5 Å². The normalized spacial score (nSPS) is 14.0. The van der Waals surface area contributed by atoms with Gasteiger partial charge in [0, 0.05) is 12.8 Å². The maximum atomic E-state index is 12.5. The third-order valence-corrected chi connectivity index (χ3v) is 8.28. The zero-order valence-electron chi connectivity index (χ0n) is 28.9. The van der Waals surface area contributed by atoms with Crippen molar-refractivity contribution in [2.45, 2.75) is 148 Å². The van der Waals surface area contributed by atoms with E-state index in [0.29, 0.717) is 17.4 Å². The van der Waals surface area contributed by atoms with Crippen LogP contribution in [0.2, 0.25) is 0 Å². The average molecular weight is 649 g/mol.